The number of anilines is 1. The van der Waals surface area contributed by atoms with Crippen LogP contribution < -0.4 is 10.2 Å². The molecular weight excluding hydrogens is 411 g/mol. The van der Waals surface area contributed by atoms with Crippen LogP contribution >= 0.6 is 11.3 Å². The number of hydrogen-bond acceptors (Lipinski definition) is 4. The van der Waals surface area contributed by atoms with Crippen LogP contribution in [0.4, 0.5) is 18.9 Å². The van der Waals surface area contributed by atoms with Crippen molar-refractivity contribution in [2.45, 2.75) is 38.4 Å². The maximum Gasteiger partial charge on any atom is 0.434 e. The molecule has 0 bridgehead atoms. The lowest BCUT2D eigenvalue weighted by atomic mass is 10.1. The van der Waals surface area contributed by atoms with Gasteiger partial charge in [-0.25, -0.2) is 4.98 Å². The Balaban J connectivity index is 1.48. The summed E-state index contributed by atoms with van der Waals surface area (Å²) < 4.78 is 37.9. The molecule has 1 aromatic heterocycles. The predicted molar refractivity (Wildman–Crippen MR) is 116 cm³/mol. The minimum Gasteiger partial charge on any atom is -0.372 e. The molecule has 30 heavy (non-hydrogen) atoms. The molecule has 0 atom stereocenters. The summed E-state index contributed by atoms with van der Waals surface area (Å²) in [6, 6.07) is 8.63. The lowest BCUT2D eigenvalue weighted by molar-refractivity contribution is -0.140. The Morgan fingerprint density at radius 2 is 1.90 bits per heavy atom. The van der Waals surface area contributed by atoms with Gasteiger partial charge < -0.3 is 15.1 Å². The van der Waals surface area contributed by atoms with E-state index in [4.69, 9.17) is 0 Å². The summed E-state index contributed by atoms with van der Waals surface area (Å²) in [6.07, 6.45) is -0.145. The van der Waals surface area contributed by atoms with Crippen LogP contribution in [0.25, 0.3) is 0 Å². The second-order valence-electron chi connectivity index (χ2n) is 7.42. The smallest absolute Gasteiger partial charge is 0.372 e. The lowest BCUT2D eigenvalue weighted by Crippen LogP contribution is -2.39. The highest BCUT2D eigenvalue weighted by Gasteiger charge is 2.33. The second kappa shape index (κ2) is 10.1. The van der Waals surface area contributed by atoms with E-state index in [0.717, 1.165) is 29.8 Å². The van der Waals surface area contributed by atoms with Crippen LogP contribution in [-0.2, 0) is 19.1 Å². The van der Waals surface area contributed by atoms with Crippen molar-refractivity contribution in [3.8, 4) is 0 Å². The van der Waals surface area contributed by atoms with Gasteiger partial charge in [0.1, 0.15) is 0 Å². The monoisotopic (exact) mass is 439 g/mol. The normalized spacial score (nSPS) is 15.4. The first-order chi connectivity index (χ1) is 14.4. The molecule has 1 aliphatic rings. The van der Waals surface area contributed by atoms with Crippen molar-refractivity contribution in [1.29, 1.82) is 0 Å². The molecule has 0 spiro atoms. The van der Waals surface area contributed by atoms with Gasteiger partial charge >= 0.3 is 6.18 Å². The van der Waals surface area contributed by atoms with Crippen LogP contribution in [-0.4, -0.2) is 49.6 Å². The summed E-state index contributed by atoms with van der Waals surface area (Å²) in [5.74, 6) is 0.697. The van der Waals surface area contributed by atoms with E-state index in [9.17, 15) is 13.2 Å². The van der Waals surface area contributed by atoms with Crippen LogP contribution in [0.2, 0.25) is 0 Å². The Labute approximate surface area is 179 Å². The average Bonchev–Trinajstić information content (AvgIpc) is 3.22. The van der Waals surface area contributed by atoms with Crippen molar-refractivity contribution in [1.82, 2.24) is 15.2 Å². The Kier molecular flexibility index (Phi) is 7.58. The number of nitrogens with one attached hydrogen (secondary N) is 1. The van der Waals surface area contributed by atoms with E-state index >= 15 is 0 Å². The van der Waals surface area contributed by atoms with Gasteiger partial charge in [-0.1, -0.05) is 12.1 Å². The van der Waals surface area contributed by atoms with E-state index in [1.807, 2.05) is 11.9 Å². The maximum absolute atomic E-state index is 12.6. The van der Waals surface area contributed by atoms with Crippen molar-refractivity contribution in [3.63, 3.8) is 0 Å². The van der Waals surface area contributed by atoms with Crippen molar-refractivity contribution >= 4 is 23.0 Å². The third-order valence-electron chi connectivity index (χ3n) is 5.11. The van der Waals surface area contributed by atoms with E-state index in [0.29, 0.717) is 30.5 Å². The van der Waals surface area contributed by atoms with Crippen LogP contribution in [0.1, 0.15) is 35.5 Å². The zero-order valence-electron chi connectivity index (χ0n) is 17.4. The topological polar surface area (TPSA) is 43.8 Å². The standard InChI is InChI=1S/C21H28F3N5S/c1-25-20(26-11-10-19-27-18(15-30-19)21(22,23)24)28(2)14-16-6-8-17(9-7-16)29-12-4-3-5-13-29/h6-9,15H,3-5,10-14H2,1-2H3,(H,25,26). The highest BCUT2D eigenvalue weighted by molar-refractivity contribution is 7.09. The van der Waals surface area contributed by atoms with Gasteiger partial charge in [0.15, 0.2) is 11.7 Å². The van der Waals surface area contributed by atoms with Crippen molar-refractivity contribution < 1.29 is 13.2 Å². The van der Waals surface area contributed by atoms with Gasteiger partial charge in [-0.05, 0) is 37.0 Å². The maximum atomic E-state index is 12.6. The van der Waals surface area contributed by atoms with Crippen LogP contribution in [0, 0.1) is 0 Å². The summed E-state index contributed by atoms with van der Waals surface area (Å²) in [6.45, 7) is 3.41. The summed E-state index contributed by atoms with van der Waals surface area (Å²) in [4.78, 5) is 12.4. The number of alkyl halides is 3. The fourth-order valence-electron chi connectivity index (χ4n) is 3.53. The van der Waals surface area contributed by atoms with Gasteiger partial charge in [-0.15, -0.1) is 11.3 Å². The SMILES string of the molecule is CN=C(NCCc1nc(C(F)(F)F)cs1)N(C)Cc1ccc(N2CCCCC2)cc1. The van der Waals surface area contributed by atoms with Gasteiger partial charge in [0.05, 0.1) is 5.01 Å². The number of aromatic nitrogens is 1. The summed E-state index contributed by atoms with van der Waals surface area (Å²) >= 11 is 1.03. The van der Waals surface area contributed by atoms with Gasteiger partial charge in [0, 0.05) is 57.8 Å². The second-order valence-corrected chi connectivity index (χ2v) is 8.36. The number of rotatable bonds is 6. The van der Waals surface area contributed by atoms with Crippen molar-refractivity contribution in [2.75, 3.05) is 38.6 Å². The average molecular weight is 440 g/mol. The van der Waals surface area contributed by atoms with Crippen LogP contribution in [0.3, 0.4) is 0 Å². The fraction of sp³-hybridized carbons (Fsp3) is 0.524. The first-order valence-corrected chi connectivity index (χ1v) is 11.0. The van der Waals surface area contributed by atoms with Gasteiger partial charge in [-0.3, -0.25) is 4.99 Å². The number of aliphatic imine (C=N–C) groups is 1. The van der Waals surface area contributed by atoms with Crippen molar-refractivity contribution in [2.24, 2.45) is 4.99 Å². The molecule has 0 aliphatic carbocycles. The number of thiazole rings is 1. The quantitative estimate of drug-likeness (QED) is 0.535. The minimum atomic E-state index is -4.39. The molecule has 0 amide bonds. The molecule has 2 aromatic rings. The molecule has 1 fully saturated rings. The predicted octanol–water partition coefficient (Wildman–Crippen LogP) is 4.40. The number of guanidine groups is 1. The molecular formula is C21H28F3N5S. The molecule has 164 valence electrons. The van der Waals surface area contributed by atoms with E-state index in [1.54, 1.807) is 7.05 Å². The van der Waals surface area contributed by atoms with E-state index in [1.165, 1.54) is 30.5 Å². The molecule has 0 saturated carbocycles. The zero-order chi connectivity index (χ0) is 21.6. The van der Waals surface area contributed by atoms with Crippen LogP contribution in [0.15, 0.2) is 34.6 Å². The molecule has 9 heteroatoms. The van der Waals surface area contributed by atoms with Crippen molar-refractivity contribution in [3.05, 3.63) is 45.9 Å². The summed E-state index contributed by atoms with van der Waals surface area (Å²) in [5.41, 5.74) is 1.62. The largest absolute Gasteiger partial charge is 0.434 e. The number of benzene rings is 1. The highest BCUT2D eigenvalue weighted by atomic mass is 32.1. The lowest BCUT2D eigenvalue weighted by Gasteiger charge is -2.29. The molecule has 0 unspecified atom stereocenters. The molecule has 3 rings (SSSR count). The van der Waals surface area contributed by atoms with E-state index in [-0.39, 0.29) is 0 Å². The number of halogens is 3. The third-order valence-corrected chi connectivity index (χ3v) is 6.02. The first kappa shape index (κ1) is 22.4. The summed E-state index contributed by atoms with van der Waals surface area (Å²) in [5, 5.41) is 4.72. The highest BCUT2D eigenvalue weighted by Crippen LogP contribution is 2.30. The molecule has 1 saturated heterocycles. The number of nitrogens with zero attached hydrogens (tertiary/aromatic N) is 4. The molecule has 1 N–H and O–H groups in total. The van der Waals surface area contributed by atoms with E-state index in [2.05, 4.69) is 44.5 Å². The van der Waals surface area contributed by atoms with Gasteiger partial charge in [0.2, 0.25) is 0 Å². The minimum absolute atomic E-state index is 0.415. The third kappa shape index (κ3) is 6.10. The van der Waals surface area contributed by atoms with Gasteiger partial charge in [0.25, 0.3) is 0 Å². The number of piperidine rings is 1. The van der Waals surface area contributed by atoms with Gasteiger partial charge in [-0.2, -0.15) is 13.2 Å². The Morgan fingerprint density at radius 3 is 2.50 bits per heavy atom. The first-order valence-electron chi connectivity index (χ1n) is 10.1. The number of hydrogen-bond donors (Lipinski definition) is 1. The Morgan fingerprint density at radius 1 is 1.20 bits per heavy atom. The molecule has 1 aromatic carbocycles. The zero-order valence-corrected chi connectivity index (χ0v) is 18.2. The molecule has 0 radical (unpaired) electrons. The Hall–Kier alpha value is -2.29. The summed E-state index contributed by atoms with van der Waals surface area (Å²) in [7, 11) is 3.64. The molecule has 5 nitrogen and oxygen atoms in total. The van der Waals surface area contributed by atoms with E-state index < -0.39 is 11.9 Å². The fourth-order valence-corrected chi connectivity index (χ4v) is 4.34. The Bertz CT molecular complexity index is 826. The molecule has 2 heterocycles. The van der Waals surface area contributed by atoms with Crippen LogP contribution in [0.5, 0.6) is 0 Å². The molecule has 1 aliphatic heterocycles.